The Balaban J connectivity index is 1.90. The largest absolute Gasteiger partial charge is 0.378 e. The maximum Gasteiger partial charge on any atom is 0.324 e. The summed E-state index contributed by atoms with van der Waals surface area (Å²) >= 11 is 0. The number of rotatable bonds is 7. The Labute approximate surface area is 176 Å². The third-order valence-electron chi connectivity index (χ3n) is 6.00. The second kappa shape index (κ2) is 9.36. The summed E-state index contributed by atoms with van der Waals surface area (Å²) in [5.74, 6) is 1.54. The highest BCUT2D eigenvalue weighted by atomic mass is 31.2. The zero-order chi connectivity index (χ0) is 21.0. The van der Waals surface area contributed by atoms with Crippen molar-refractivity contribution in [3.63, 3.8) is 0 Å². The van der Waals surface area contributed by atoms with Crippen LogP contribution < -0.4 is 15.3 Å². The molecule has 1 N–H and O–H groups in total. The van der Waals surface area contributed by atoms with E-state index in [0.717, 1.165) is 29.5 Å². The molecule has 4 nitrogen and oxygen atoms in total. The summed E-state index contributed by atoms with van der Waals surface area (Å²) in [6.45, 7) is 6.77. The van der Waals surface area contributed by atoms with Crippen molar-refractivity contribution in [2.24, 2.45) is 17.8 Å². The maximum atomic E-state index is 14.2. The topological polar surface area (TPSA) is 41.6 Å². The van der Waals surface area contributed by atoms with Crippen LogP contribution in [0.15, 0.2) is 54.6 Å². The van der Waals surface area contributed by atoms with Gasteiger partial charge in [-0.15, -0.1) is 0 Å². The van der Waals surface area contributed by atoms with Crippen LogP contribution in [0.2, 0.25) is 0 Å². The van der Waals surface area contributed by atoms with Gasteiger partial charge < -0.3 is 14.5 Å². The first-order chi connectivity index (χ1) is 13.8. The van der Waals surface area contributed by atoms with E-state index in [1.54, 1.807) is 0 Å². The van der Waals surface area contributed by atoms with Gasteiger partial charge in [0.05, 0.1) is 11.4 Å². The molecule has 1 saturated carbocycles. The third-order valence-corrected chi connectivity index (χ3v) is 8.10. The summed E-state index contributed by atoms with van der Waals surface area (Å²) < 4.78 is 20.7. The van der Waals surface area contributed by atoms with Crippen molar-refractivity contribution in [1.82, 2.24) is 0 Å². The standard InChI is InChI=1S/C24H35N2O2P/c1-18(2)23-16-11-19(3)17-24(23)28-29(27,22-9-7-6-8-10-22)25-20-12-14-21(15-13-20)26(4)5/h6-10,12-15,18-19,23-24H,11,16-17H2,1-5H3,(H,25,27)/t19-,23-,24+,29-/m1/s1. The SMILES string of the molecule is CC(C)[C@H]1CC[C@@H](C)C[C@@H]1O[P@@](=O)(Nc1ccc(N(C)C)cc1)c1ccccc1. The van der Waals surface area contributed by atoms with E-state index < -0.39 is 7.52 Å². The Morgan fingerprint density at radius 3 is 2.28 bits per heavy atom. The summed E-state index contributed by atoms with van der Waals surface area (Å²) in [6, 6.07) is 17.6. The molecule has 0 amide bonds. The highest BCUT2D eigenvalue weighted by Gasteiger charge is 2.38. The molecule has 1 aliphatic rings. The van der Waals surface area contributed by atoms with Gasteiger partial charge in [-0.05, 0) is 67.0 Å². The molecular formula is C24H35N2O2P. The number of nitrogens with one attached hydrogen (secondary N) is 1. The maximum absolute atomic E-state index is 14.2. The highest BCUT2D eigenvalue weighted by molar-refractivity contribution is 7.68. The Morgan fingerprint density at radius 2 is 1.69 bits per heavy atom. The van der Waals surface area contributed by atoms with Crippen molar-refractivity contribution in [2.75, 3.05) is 24.1 Å². The van der Waals surface area contributed by atoms with Gasteiger partial charge >= 0.3 is 7.52 Å². The molecule has 0 heterocycles. The van der Waals surface area contributed by atoms with Gasteiger partial charge in [-0.1, -0.05) is 45.4 Å². The fourth-order valence-corrected chi connectivity index (χ4v) is 6.19. The molecular weight excluding hydrogens is 379 g/mol. The minimum absolute atomic E-state index is 0.00154. The average Bonchev–Trinajstić information content (AvgIpc) is 2.69. The van der Waals surface area contributed by atoms with Gasteiger partial charge in [0.1, 0.15) is 0 Å². The van der Waals surface area contributed by atoms with Gasteiger partial charge in [0, 0.05) is 25.5 Å². The molecule has 0 unspecified atom stereocenters. The van der Waals surface area contributed by atoms with E-state index in [1.165, 1.54) is 6.42 Å². The molecule has 0 bridgehead atoms. The third kappa shape index (κ3) is 5.43. The lowest BCUT2D eigenvalue weighted by atomic mass is 9.75. The number of benzene rings is 2. The predicted molar refractivity (Wildman–Crippen MR) is 124 cm³/mol. The van der Waals surface area contributed by atoms with Crippen LogP contribution >= 0.6 is 7.52 Å². The number of anilines is 2. The summed E-state index contributed by atoms with van der Waals surface area (Å²) in [6.07, 6.45) is 3.31. The Hall–Kier alpha value is -1.77. The molecule has 3 rings (SSSR count). The van der Waals surface area contributed by atoms with Crippen molar-refractivity contribution < 1.29 is 9.09 Å². The quantitative estimate of drug-likeness (QED) is 0.551. The first-order valence-corrected chi connectivity index (χ1v) is 12.3. The zero-order valence-corrected chi connectivity index (χ0v) is 19.2. The van der Waals surface area contributed by atoms with E-state index in [0.29, 0.717) is 17.8 Å². The summed E-state index contributed by atoms with van der Waals surface area (Å²) in [4.78, 5) is 2.05. The van der Waals surface area contributed by atoms with Crippen LogP contribution in [0.25, 0.3) is 0 Å². The lowest BCUT2D eigenvalue weighted by Gasteiger charge is -2.39. The Morgan fingerprint density at radius 1 is 1.03 bits per heavy atom. The van der Waals surface area contributed by atoms with E-state index in [-0.39, 0.29) is 6.10 Å². The van der Waals surface area contributed by atoms with Crippen LogP contribution in [0, 0.1) is 17.8 Å². The first kappa shape index (κ1) is 21.9. The first-order valence-electron chi connectivity index (χ1n) is 10.7. The second-order valence-corrected chi connectivity index (χ2v) is 11.0. The van der Waals surface area contributed by atoms with E-state index in [1.807, 2.05) is 73.6 Å². The van der Waals surface area contributed by atoms with Crippen LogP contribution in [0.5, 0.6) is 0 Å². The molecule has 158 valence electrons. The van der Waals surface area contributed by atoms with Crippen LogP contribution in [0.3, 0.4) is 0 Å². The Bertz CT molecular complexity index is 821. The molecule has 5 heteroatoms. The lowest BCUT2D eigenvalue weighted by molar-refractivity contribution is 0.0506. The molecule has 1 aliphatic carbocycles. The van der Waals surface area contributed by atoms with E-state index >= 15 is 0 Å². The Kier molecular flexibility index (Phi) is 7.08. The van der Waals surface area contributed by atoms with Gasteiger partial charge in [0.2, 0.25) is 0 Å². The van der Waals surface area contributed by atoms with Gasteiger partial charge in [-0.2, -0.15) is 0 Å². The lowest BCUT2D eigenvalue weighted by Crippen LogP contribution is -2.35. The van der Waals surface area contributed by atoms with Crippen molar-refractivity contribution in [3.05, 3.63) is 54.6 Å². The second-order valence-electron chi connectivity index (χ2n) is 8.91. The van der Waals surface area contributed by atoms with Crippen LogP contribution in [-0.2, 0) is 9.09 Å². The summed E-state index contributed by atoms with van der Waals surface area (Å²) in [5, 5.41) is 3.99. The normalized spacial score (nSPS) is 24.1. The molecule has 2 aromatic rings. The van der Waals surface area contributed by atoms with Crippen molar-refractivity contribution in [2.45, 2.75) is 46.1 Å². The van der Waals surface area contributed by atoms with Crippen molar-refractivity contribution >= 4 is 24.2 Å². The van der Waals surface area contributed by atoms with Crippen LogP contribution in [0.1, 0.15) is 40.0 Å². The number of nitrogens with zero attached hydrogens (tertiary/aromatic N) is 1. The average molecular weight is 415 g/mol. The monoisotopic (exact) mass is 414 g/mol. The fourth-order valence-electron chi connectivity index (χ4n) is 4.21. The van der Waals surface area contributed by atoms with Gasteiger partial charge in [-0.25, -0.2) is 0 Å². The van der Waals surface area contributed by atoms with Gasteiger partial charge in [0.15, 0.2) is 0 Å². The van der Waals surface area contributed by atoms with Gasteiger partial charge in [-0.3, -0.25) is 4.57 Å². The predicted octanol–water partition coefficient (Wildman–Crippen LogP) is 6.16. The molecule has 0 saturated heterocycles. The van der Waals surface area contributed by atoms with Crippen molar-refractivity contribution in [3.8, 4) is 0 Å². The van der Waals surface area contributed by atoms with Gasteiger partial charge in [0.25, 0.3) is 0 Å². The number of hydrogen-bond acceptors (Lipinski definition) is 3. The molecule has 0 aliphatic heterocycles. The minimum Gasteiger partial charge on any atom is -0.378 e. The molecule has 0 spiro atoms. The molecule has 29 heavy (non-hydrogen) atoms. The summed E-state index contributed by atoms with van der Waals surface area (Å²) in [7, 11) is 0.753. The molecule has 2 aromatic carbocycles. The molecule has 0 radical (unpaired) electrons. The minimum atomic E-state index is -3.27. The van der Waals surface area contributed by atoms with Crippen molar-refractivity contribution in [1.29, 1.82) is 0 Å². The number of hydrogen-bond donors (Lipinski definition) is 1. The zero-order valence-electron chi connectivity index (χ0n) is 18.3. The van der Waals surface area contributed by atoms with E-state index in [2.05, 4.69) is 25.9 Å². The highest BCUT2D eigenvalue weighted by Crippen LogP contribution is 2.51. The summed E-state index contributed by atoms with van der Waals surface area (Å²) in [5.41, 5.74) is 1.92. The molecule has 0 aromatic heterocycles. The molecule has 4 atom stereocenters. The molecule has 1 fully saturated rings. The van der Waals surface area contributed by atoms with Crippen LogP contribution in [-0.4, -0.2) is 20.2 Å². The van der Waals surface area contributed by atoms with E-state index in [4.69, 9.17) is 4.52 Å². The smallest absolute Gasteiger partial charge is 0.324 e. The van der Waals surface area contributed by atoms with Crippen LogP contribution in [0.4, 0.5) is 11.4 Å². The van der Waals surface area contributed by atoms with E-state index in [9.17, 15) is 4.57 Å². The fraction of sp³-hybridized carbons (Fsp3) is 0.500.